The first kappa shape index (κ1) is 15.6. The second-order valence-electron chi connectivity index (χ2n) is 5.65. The van der Waals surface area contributed by atoms with Gasteiger partial charge in [-0.05, 0) is 29.2 Å². The number of aliphatic hydroxyl groups excluding tert-OH is 1. The molecule has 3 rings (SSSR count). The second kappa shape index (κ2) is 6.46. The molecule has 23 heavy (non-hydrogen) atoms. The molecule has 1 N–H and O–H groups in total. The molecule has 3 nitrogen and oxygen atoms in total. The summed E-state index contributed by atoms with van der Waals surface area (Å²) in [6.07, 6.45) is 0.551. The molecule has 0 aliphatic carbocycles. The molecule has 2 aromatic carbocycles. The largest absolute Gasteiger partial charge is 0.394 e. The molecule has 0 bridgehead atoms. The molecule has 1 amide bonds. The van der Waals surface area contributed by atoms with Gasteiger partial charge in [-0.25, -0.2) is 8.78 Å². The van der Waals surface area contributed by atoms with Crippen LogP contribution in [-0.2, 0) is 17.6 Å². The fourth-order valence-electron chi connectivity index (χ4n) is 3.08. The summed E-state index contributed by atoms with van der Waals surface area (Å²) in [5.41, 5.74) is 2.20. The third kappa shape index (κ3) is 3.10. The van der Waals surface area contributed by atoms with Gasteiger partial charge in [0.25, 0.3) is 0 Å². The predicted octanol–water partition coefficient (Wildman–Crippen LogP) is 2.63. The molecule has 0 saturated carbocycles. The lowest BCUT2D eigenvalue weighted by Crippen LogP contribution is -2.42. The lowest BCUT2D eigenvalue weighted by Gasteiger charge is -2.36. The van der Waals surface area contributed by atoms with E-state index in [4.69, 9.17) is 0 Å². The maximum atomic E-state index is 13.7. The van der Waals surface area contributed by atoms with E-state index in [9.17, 15) is 18.7 Å². The number of benzene rings is 2. The van der Waals surface area contributed by atoms with Crippen LogP contribution in [0.1, 0.15) is 22.7 Å². The van der Waals surface area contributed by atoms with Crippen LogP contribution in [0.5, 0.6) is 0 Å². The van der Waals surface area contributed by atoms with E-state index in [2.05, 4.69) is 0 Å². The fourth-order valence-corrected chi connectivity index (χ4v) is 3.08. The summed E-state index contributed by atoms with van der Waals surface area (Å²) in [7, 11) is 0. The Morgan fingerprint density at radius 2 is 2.00 bits per heavy atom. The number of carbonyl (C=O) groups excluding carboxylic acids is 1. The van der Waals surface area contributed by atoms with Crippen LogP contribution in [0.2, 0.25) is 0 Å². The van der Waals surface area contributed by atoms with Gasteiger partial charge >= 0.3 is 0 Å². The molecule has 1 aliphatic rings. The van der Waals surface area contributed by atoms with Crippen LogP contribution in [-0.4, -0.2) is 29.1 Å². The van der Waals surface area contributed by atoms with Crippen LogP contribution in [0.15, 0.2) is 42.5 Å². The van der Waals surface area contributed by atoms with Gasteiger partial charge in [-0.1, -0.05) is 30.3 Å². The average molecular weight is 317 g/mol. The van der Waals surface area contributed by atoms with Gasteiger partial charge in [0.1, 0.15) is 11.6 Å². The van der Waals surface area contributed by atoms with Crippen molar-refractivity contribution in [1.82, 2.24) is 4.90 Å². The Labute approximate surface area is 133 Å². The van der Waals surface area contributed by atoms with Crippen molar-refractivity contribution in [3.8, 4) is 0 Å². The molecule has 0 radical (unpaired) electrons. The summed E-state index contributed by atoms with van der Waals surface area (Å²) in [5.74, 6) is -1.67. The van der Waals surface area contributed by atoms with Crippen molar-refractivity contribution in [1.29, 1.82) is 0 Å². The number of rotatable bonds is 3. The molecule has 1 unspecified atom stereocenters. The van der Waals surface area contributed by atoms with E-state index in [-0.39, 0.29) is 24.5 Å². The Kier molecular flexibility index (Phi) is 4.39. The molecule has 1 atom stereocenters. The molecule has 2 aromatic rings. The Morgan fingerprint density at radius 1 is 1.22 bits per heavy atom. The summed E-state index contributed by atoms with van der Waals surface area (Å²) in [6.45, 7) is 0.290. The predicted molar refractivity (Wildman–Crippen MR) is 81.7 cm³/mol. The van der Waals surface area contributed by atoms with Crippen LogP contribution in [0.4, 0.5) is 8.78 Å². The van der Waals surface area contributed by atoms with Crippen LogP contribution >= 0.6 is 0 Å². The van der Waals surface area contributed by atoms with Crippen LogP contribution in [0.3, 0.4) is 0 Å². The Balaban J connectivity index is 1.82. The van der Waals surface area contributed by atoms with E-state index < -0.39 is 17.7 Å². The van der Waals surface area contributed by atoms with E-state index in [0.717, 1.165) is 23.3 Å². The third-order valence-corrected chi connectivity index (χ3v) is 4.26. The van der Waals surface area contributed by atoms with Gasteiger partial charge in [0.2, 0.25) is 5.91 Å². The molecule has 0 aromatic heterocycles. The highest BCUT2D eigenvalue weighted by Gasteiger charge is 2.30. The van der Waals surface area contributed by atoms with Crippen molar-refractivity contribution in [2.75, 3.05) is 13.2 Å². The average Bonchev–Trinajstić information content (AvgIpc) is 2.56. The zero-order valence-corrected chi connectivity index (χ0v) is 12.5. The molecule has 0 spiro atoms. The van der Waals surface area contributed by atoms with E-state index >= 15 is 0 Å². The van der Waals surface area contributed by atoms with Gasteiger partial charge in [-0.3, -0.25) is 4.79 Å². The Hall–Kier alpha value is -2.27. The maximum absolute atomic E-state index is 13.7. The number of halogens is 2. The van der Waals surface area contributed by atoms with Gasteiger partial charge in [0.15, 0.2) is 0 Å². The molecule has 1 heterocycles. The molecular weight excluding hydrogens is 300 g/mol. The Bertz CT molecular complexity index is 733. The molecule has 5 heteroatoms. The first-order valence-corrected chi connectivity index (χ1v) is 7.52. The zero-order chi connectivity index (χ0) is 16.4. The number of amides is 1. The first-order chi connectivity index (χ1) is 11.1. The topological polar surface area (TPSA) is 40.5 Å². The second-order valence-corrected chi connectivity index (χ2v) is 5.65. The fraction of sp³-hybridized carbons (Fsp3) is 0.278. The van der Waals surface area contributed by atoms with Gasteiger partial charge in [-0.2, -0.15) is 0 Å². The van der Waals surface area contributed by atoms with Crippen LogP contribution in [0, 0.1) is 11.6 Å². The standard InChI is InChI=1S/C18H17F2NO2/c19-14-6-5-13(16(20)10-14)9-18(23)21-8-7-12-3-1-2-4-15(12)17(21)11-22/h1-6,10,17,22H,7-9,11H2. The monoisotopic (exact) mass is 317 g/mol. The van der Waals surface area contributed by atoms with Crippen molar-refractivity contribution in [2.24, 2.45) is 0 Å². The summed E-state index contributed by atoms with van der Waals surface area (Å²) in [4.78, 5) is 14.1. The van der Waals surface area contributed by atoms with Crippen molar-refractivity contribution < 1.29 is 18.7 Å². The summed E-state index contributed by atoms with van der Waals surface area (Å²) < 4.78 is 26.7. The molecule has 120 valence electrons. The number of aliphatic hydroxyl groups is 1. The number of fused-ring (bicyclic) bond motifs is 1. The normalized spacial score (nSPS) is 17.0. The van der Waals surface area contributed by atoms with E-state index in [0.29, 0.717) is 13.0 Å². The minimum absolute atomic E-state index is 0.148. The summed E-state index contributed by atoms with van der Waals surface area (Å²) >= 11 is 0. The first-order valence-electron chi connectivity index (χ1n) is 7.52. The quantitative estimate of drug-likeness (QED) is 0.945. The highest BCUT2D eigenvalue weighted by atomic mass is 19.1. The lowest BCUT2D eigenvalue weighted by molar-refractivity contribution is -0.134. The van der Waals surface area contributed by atoms with E-state index in [1.807, 2.05) is 24.3 Å². The highest BCUT2D eigenvalue weighted by Crippen LogP contribution is 2.30. The zero-order valence-electron chi connectivity index (χ0n) is 12.5. The number of nitrogens with zero attached hydrogens (tertiary/aromatic N) is 1. The highest BCUT2D eigenvalue weighted by molar-refractivity contribution is 5.79. The molecule has 0 fully saturated rings. The summed E-state index contributed by atoms with van der Waals surface area (Å²) in [5, 5.41) is 9.70. The number of hydrogen-bond donors (Lipinski definition) is 1. The molecular formula is C18H17F2NO2. The van der Waals surface area contributed by atoms with E-state index in [1.165, 1.54) is 6.07 Å². The molecule has 1 aliphatic heterocycles. The van der Waals surface area contributed by atoms with Crippen molar-refractivity contribution in [2.45, 2.75) is 18.9 Å². The van der Waals surface area contributed by atoms with Crippen molar-refractivity contribution >= 4 is 5.91 Å². The van der Waals surface area contributed by atoms with Crippen molar-refractivity contribution in [3.63, 3.8) is 0 Å². The summed E-state index contributed by atoms with van der Waals surface area (Å²) in [6, 6.07) is 10.5. The maximum Gasteiger partial charge on any atom is 0.227 e. The number of carbonyl (C=O) groups is 1. The number of hydrogen-bond acceptors (Lipinski definition) is 2. The van der Waals surface area contributed by atoms with Crippen molar-refractivity contribution in [3.05, 3.63) is 70.8 Å². The SMILES string of the molecule is O=C(Cc1ccc(F)cc1F)N1CCc2ccccc2C1CO. The lowest BCUT2D eigenvalue weighted by atomic mass is 9.92. The third-order valence-electron chi connectivity index (χ3n) is 4.26. The van der Waals surface area contributed by atoms with Gasteiger partial charge in [0, 0.05) is 12.6 Å². The molecule has 0 saturated heterocycles. The van der Waals surface area contributed by atoms with Gasteiger partial charge < -0.3 is 10.0 Å². The van der Waals surface area contributed by atoms with Gasteiger partial charge in [0.05, 0.1) is 19.1 Å². The Morgan fingerprint density at radius 3 is 2.74 bits per heavy atom. The van der Waals surface area contributed by atoms with Gasteiger partial charge in [-0.15, -0.1) is 0 Å². The minimum Gasteiger partial charge on any atom is -0.394 e. The van der Waals surface area contributed by atoms with E-state index in [1.54, 1.807) is 4.90 Å². The minimum atomic E-state index is -0.726. The van der Waals surface area contributed by atoms with Crippen LogP contribution in [0.25, 0.3) is 0 Å². The smallest absolute Gasteiger partial charge is 0.227 e. The van der Waals surface area contributed by atoms with Crippen LogP contribution < -0.4 is 0 Å².